The largest absolute Gasteiger partial charge is 0.495 e. The van der Waals surface area contributed by atoms with E-state index in [1.165, 1.54) is 6.26 Å². The van der Waals surface area contributed by atoms with E-state index in [4.69, 9.17) is 14.1 Å². The molecular weight excluding hydrogens is 430 g/mol. The van der Waals surface area contributed by atoms with Crippen molar-refractivity contribution in [2.75, 3.05) is 13.7 Å². The number of methoxy groups -OCH3 is 1. The van der Waals surface area contributed by atoms with Gasteiger partial charge in [0.2, 0.25) is 0 Å². The number of nitrogens with zero attached hydrogens (tertiary/aromatic N) is 3. The van der Waals surface area contributed by atoms with Crippen LogP contribution < -0.4 is 10.3 Å². The molecule has 1 amide bonds. The molecule has 1 atom stereocenters. The minimum Gasteiger partial charge on any atom is -0.495 e. The Balaban J connectivity index is 1.96. The molecule has 0 N–H and O–H groups in total. The number of furan rings is 1. The molecule has 0 saturated heterocycles. The highest BCUT2D eigenvalue weighted by molar-refractivity contribution is 5.91. The van der Waals surface area contributed by atoms with Crippen LogP contribution in [-0.2, 0) is 0 Å². The molecule has 34 heavy (non-hydrogen) atoms. The van der Waals surface area contributed by atoms with Crippen LogP contribution in [-0.4, -0.2) is 34.0 Å². The molecule has 0 saturated carbocycles. The maximum Gasteiger partial charge on any atom is 0.290 e. The number of ether oxygens (including phenoxy) is 1. The third-order valence-corrected chi connectivity index (χ3v) is 5.96. The molecule has 4 aromatic rings. The Bertz CT molecular complexity index is 1360. The molecule has 2 heterocycles. The molecular formula is C27H29N3O4. The second-order valence-electron chi connectivity index (χ2n) is 8.31. The van der Waals surface area contributed by atoms with Crippen LogP contribution in [0.4, 0.5) is 0 Å². The lowest BCUT2D eigenvalue weighted by molar-refractivity contribution is 0.0645. The van der Waals surface area contributed by atoms with Crippen LogP contribution in [0, 0.1) is 6.92 Å². The SMILES string of the molecule is CCCCN(C(=O)c1ccco1)C(C)c1nc2ccccc2c(=O)n1-c1cc(C)ccc1OC. The summed E-state index contributed by atoms with van der Waals surface area (Å²) in [5, 5.41) is 0.500. The molecule has 0 bridgehead atoms. The highest BCUT2D eigenvalue weighted by atomic mass is 16.5. The highest BCUT2D eigenvalue weighted by Gasteiger charge is 2.29. The molecule has 7 nitrogen and oxygen atoms in total. The first-order valence-corrected chi connectivity index (χ1v) is 11.5. The van der Waals surface area contributed by atoms with Gasteiger partial charge in [-0.3, -0.25) is 14.2 Å². The Morgan fingerprint density at radius 3 is 2.68 bits per heavy atom. The van der Waals surface area contributed by atoms with Gasteiger partial charge in [0.25, 0.3) is 11.5 Å². The topological polar surface area (TPSA) is 77.6 Å². The number of benzene rings is 2. The third kappa shape index (κ3) is 4.33. The molecule has 0 spiro atoms. The molecule has 4 rings (SSSR count). The maximum absolute atomic E-state index is 13.8. The Hall–Kier alpha value is -3.87. The van der Waals surface area contributed by atoms with E-state index in [1.807, 2.05) is 50.2 Å². The van der Waals surface area contributed by atoms with Gasteiger partial charge in [-0.05, 0) is 62.2 Å². The van der Waals surface area contributed by atoms with Crippen LogP contribution in [0.15, 0.2) is 70.1 Å². The van der Waals surface area contributed by atoms with Gasteiger partial charge in [0, 0.05) is 6.54 Å². The van der Waals surface area contributed by atoms with Crippen molar-refractivity contribution < 1.29 is 13.9 Å². The summed E-state index contributed by atoms with van der Waals surface area (Å²) in [7, 11) is 1.57. The Kier molecular flexibility index (Phi) is 6.82. The van der Waals surface area contributed by atoms with E-state index in [0.29, 0.717) is 34.7 Å². The zero-order valence-corrected chi connectivity index (χ0v) is 19.9. The number of hydrogen-bond donors (Lipinski definition) is 0. The predicted octanol–water partition coefficient (Wildman–Crippen LogP) is 5.30. The first kappa shape index (κ1) is 23.3. The molecule has 0 aliphatic carbocycles. The van der Waals surface area contributed by atoms with Crippen molar-refractivity contribution in [3.8, 4) is 11.4 Å². The van der Waals surface area contributed by atoms with E-state index < -0.39 is 6.04 Å². The maximum atomic E-state index is 13.8. The molecule has 176 valence electrons. The van der Waals surface area contributed by atoms with E-state index in [0.717, 1.165) is 18.4 Å². The van der Waals surface area contributed by atoms with Crippen LogP contribution in [0.25, 0.3) is 16.6 Å². The van der Waals surface area contributed by atoms with Crippen molar-refractivity contribution >= 4 is 16.8 Å². The summed E-state index contributed by atoms with van der Waals surface area (Å²) in [6, 6.07) is 15.8. The number of para-hydroxylation sites is 1. The van der Waals surface area contributed by atoms with Crippen LogP contribution in [0.5, 0.6) is 5.75 Å². The van der Waals surface area contributed by atoms with Crippen molar-refractivity contribution in [1.29, 1.82) is 0 Å². The van der Waals surface area contributed by atoms with Gasteiger partial charge in [0.1, 0.15) is 11.6 Å². The van der Waals surface area contributed by atoms with Crippen LogP contribution in [0.1, 0.15) is 54.7 Å². The van der Waals surface area contributed by atoms with Crippen molar-refractivity contribution in [1.82, 2.24) is 14.5 Å². The van der Waals surface area contributed by atoms with Crippen LogP contribution in [0.3, 0.4) is 0 Å². The summed E-state index contributed by atoms with van der Waals surface area (Å²) in [6.07, 6.45) is 3.21. The predicted molar refractivity (Wildman–Crippen MR) is 132 cm³/mol. The molecule has 0 aliphatic rings. The van der Waals surface area contributed by atoms with E-state index >= 15 is 0 Å². The molecule has 7 heteroatoms. The second-order valence-corrected chi connectivity index (χ2v) is 8.31. The normalized spacial score (nSPS) is 12.0. The average Bonchev–Trinajstić information content (AvgIpc) is 3.39. The molecule has 2 aromatic heterocycles. The zero-order valence-electron chi connectivity index (χ0n) is 19.9. The minimum atomic E-state index is -0.508. The summed E-state index contributed by atoms with van der Waals surface area (Å²) >= 11 is 0. The molecule has 1 unspecified atom stereocenters. The number of carbonyl (C=O) groups excluding carboxylic acids is 1. The van der Waals surface area contributed by atoms with E-state index in [1.54, 1.807) is 34.8 Å². The number of hydrogen-bond acceptors (Lipinski definition) is 5. The fourth-order valence-electron chi connectivity index (χ4n) is 4.12. The lowest BCUT2D eigenvalue weighted by Crippen LogP contribution is -2.38. The lowest BCUT2D eigenvalue weighted by Gasteiger charge is -2.30. The molecule has 0 radical (unpaired) electrons. The van der Waals surface area contributed by atoms with Crippen LogP contribution in [0.2, 0.25) is 0 Å². The van der Waals surface area contributed by atoms with Gasteiger partial charge in [-0.2, -0.15) is 0 Å². The highest BCUT2D eigenvalue weighted by Crippen LogP contribution is 2.29. The number of fused-ring (bicyclic) bond motifs is 1. The number of aryl methyl sites for hydroxylation is 1. The molecule has 0 aliphatic heterocycles. The number of amides is 1. The van der Waals surface area contributed by atoms with Gasteiger partial charge in [0.15, 0.2) is 5.76 Å². The Morgan fingerprint density at radius 2 is 1.97 bits per heavy atom. The van der Waals surface area contributed by atoms with Crippen molar-refractivity contribution in [3.05, 3.63) is 88.4 Å². The summed E-state index contributed by atoms with van der Waals surface area (Å²) < 4.78 is 12.6. The van der Waals surface area contributed by atoms with Gasteiger partial charge < -0.3 is 14.1 Å². The van der Waals surface area contributed by atoms with Gasteiger partial charge in [-0.1, -0.05) is 31.5 Å². The number of rotatable bonds is 8. The Labute approximate surface area is 198 Å². The summed E-state index contributed by atoms with van der Waals surface area (Å²) in [5.74, 6) is 1.03. The summed E-state index contributed by atoms with van der Waals surface area (Å²) in [6.45, 7) is 6.43. The number of carbonyl (C=O) groups is 1. The van der Waals surface area contributed by atoms with Gasteiger partial charge in [-0.15, -0.1) is 0 Å². The minimum absolute atomic E-state index is 0.211. The average molecular weight is 460 g/mol. The summed E-state index contributed by atoms with van der Waals surface area (Å²) in [5.41, 5.74) is 1.94. The zero-order chi connectivity index (χ0) is 24.2. The van der Waals surface area contributed by atoms with Crippen molar-refractivity contribution in [3.63, 3.8) is 0 Å². The first-order chi connectivity index (χ1) is 16.5. The quantitative estimate of drug-likeness (QED) is 0.357. The summed E-state index contributed by atoms with van der Waals surface area (Å²) in [4.78, 5) is 33.8. The van der Waals surface area contributed by atoms with Gasteiger partial charge in [-0.25, -0.2) is 4.98 Å². The molecule has 2 aromatic carbocycles. The van der Waals surface area contributed by atoms with Gasteiger partial charge >= 0.3 is 0 Å². The lowest BCUT2D eigenvalue weighted by atomic mass is 10.1. The fourth-order valence-corrected chi connectivity index (χ4v) is 4.12. The molecule has 0 fully saturated rings. The van der Waals surface area contributed by atoms with E-state index in [2.05, 4.69) is 6.92 Å². The monoisotopic (exact) mass is 459 g/mol. The van der Waals surface area contributed by atoms with Crippen molar-refractivity contribution in [2.24, 2.45) is 0 Å². The fraction of sp³-hybridized carbons (Fsp3) is 0.296. The van der Waals surface area contributed by atoms with Crippen molar-refractivity contribution in [2.45, 2.75) is 39.7 Å². The number of unbranched alkanes of at least 4 members (excludes halogenated alkanes) is 1. The van der Waals surface area contributed by atoms with E-state index in [-0.39, 0.29) is 17.2 Å². The smallest absolute Gasteiger partial charge is 0.290 e. The second kappa shape index (κ2) is 9.95. The third-order valence-electron chi connectivity index (χ3n) is 5.96. The van der Waals surface area contributed by atoms with E-state index in [9.17, 15) is 9.59 Å². The number of aromatic nitrogens is 2. The standard InChI is InChI=1S/C27H29N3O4/c1-5-6-15-29(27(32)24-12-9-16-34-24)19(3)25-28-21-11-8-7-10-20(21)26(31)30(25)22-17-18(2)13-14-23(22)33-4/h7-14,16-17,19H,5-6,15H2,1-4H3. The first-order valence-electron chi connectivity index (χ1n) is 11.5. The Morgan fingerprint density at radius 1 is 1.18 bits per heavy atom. The van der Waals surface area contributed by atoms with Crippen LogP contribution >= 0.6 is 0 Å². The van der Waals surface area contributed by atoms with Gasteiger partial charge in [0.05, 0.1) is 36.0 Å².